The lowest BCUT2D eigenvalue weighted by Crippen LogP contribution is -1.98. The van der Waals surface area contributed by atoms with Gasteiger partial charge in [-0.05, 0) is 59.3 Å². The molecule has 2 aromatic rings. The van der Waals surface area contributed by atoms with E-state index < -0.39 is 0 Å². The number of anilines is 1. The lowest BCUT2D eigenvalue weighted by atomic mass is 10.2. The first-order valence-corrected chi connectivity index (χ1v) is 7.86. The van der Waals surface area contributed by atoms with Crippen LogP contribution in [0.15, 0.2) is 46.0 Å². The highest BCUT2D eigenvalue weighted by molar-refractivity contribution is 9.10. The Bertz CT molecular complexity index is 660. The molecule has 2 aromatic carbocycles. The molecule has 1 N–H and O–H groups in total. The largest absolute Gasteiger partial charge is 0.493 e. The third-order valence-corrected chi connectivity index (χ3v) is 3.76. The predicted octanol–water partition coefficient (Wildman–Crippen LogP) is 4.96. The first-order chi connectivity index (χ1) is 10.6. The van der Waals surface area contributed by atoms with Gasteiger partial charge in [0.25, 0.3) is 0 Å². The van der Waals surface area contributed by atoms with E-state index in [1.54, 1.807) is 25.5 Å². The van der Waals surface area contributed by atoms with Crippen molar-refractivity contribution in [3.8, 4) is 11.5 Å². The fourth-order valence-corrected chi connectivity index (χ4v) is 2.33. The van der Waals surface area contributed by atoms with E-state index >= 15 is 0 Å². The van der Waals surface area contributed by atoms with Gasteiger partial charge in [-0.25, -0.2) is 0 Å². The molecular weight excluding hydrogens is 368 g/mol. The summed E-state index contributed by atoms with van der Waals surface area (Å²) in [4.78, 5) is 0. The van der Waals surface area contributed by atoms with E-state index in [4.69, 9.17) is 21.1 Å². The van der Waals surface area contributed by atoms with E-state index in [1.165, 1.54) is 0 Å². The summed E-state index contributed by atoms with van der Waals surface area (Å²) in [5.41, 5.74) is 4.68. The summed E-state index contributed by atoms with van der Waals surface area (Å²) in [7, 11) is 1.61. The van der Waals surface area contributed by atoms with Crippen molar-refractivity contribution >= 4 is 39.4 Å². The first kappa shape index (κ1) is 16.6. The van der Waals surface area contributed by atoms with Gasteiger partial charge in [-0.2, -0.15) is 5.10 Å². The Morgan fingerprint density at radius 3 is 2.59 bits per heavy atom. The minimum atomic E-state index is 0.567. The number of nitrogens with zero attached hydrogens (tertiary/aromatic N) is 1. The first-order valence-electron chi connectivity index (χ1n) is 6.69. The SMILES string of the molecule is CCOc1cc(/C=N\Nc2ccc(Cl)cc2)c(Br)cc1OC. The molecule has 0 saturated carbocycles. The third kappa shape index (κ3) is 4.39. The van der Waals surface area contributed by atoms with Crippen LogP contribution in [0.3, 0.4) is 0 Å². The smallest absolute Gasteiger partial charge is 0.161 e. The Hall–Kier alpha value is -1.72. The number of hydrogen-bond donors (Lipinski definition) is 1. The number of halogens is 2. The van der Waals surface area contributed by atoms with Crippen LogP contribution >= 0.6 is 27.5 Å². The second-order valence-corrected chi connectivity index (χ2v) is 5.63. The molecule has 4 nitrogen and oxygen atoms in total. The maximum Gasteiger partial charge on any atom is 0.161 e. The van der Waals surface area contributed by atoms with Crippen molar-refractivity contribution in [2.24, 2.45) is 5.10 Å². The highest BCUT2D eigenvalue weighted by Crippen LogP contribution is 2.32. The summed E-state index contributed by atoms with van der Waals surface area (Å²) in [6.45, 7) is 2.49. The van der Waals surface area contributed by atoms with Gasteiger partial charge in [-0.15, -0.1) is 0 Å². The van der Waals surface area contributed by atoms with Gasteiger partial charge in [-0.3, -0.25) is 5.43 Å². The lowest BCUT2D eigenvalue weighted by molar-refractivity contribution is 0.311. The van der Waals surface area contributed by atoms with Crippen LogP contribution in [0.1, 0.15) is 12.5 Å². The Morgan fingerprint density at radius 2 is 1.95 bits per heavy atom. The molecule has 0 aliphatic heterocycles. The highest BCUT2D eigenvalue weighted by Gasteiger charge is 2.08. The van der Waals surface area contributed by atoms with Gasteiger partial charge < -0.3 is 9.47 Å². The number of nitrogens with one attached hydrogen (secondary N) is 1. The molecule has 6 heteroatoms. The molecule has 0 aromatic heterocycles. The van der Waals surface area contributed by atoms with Crippen molar-refractivity contribution in [1.82, 2.24) is 0 Å². The van der Waals surface area contributed by atoms with E-state index in [0.717, 1.165) is 15.7 Å². The molecule has 0 heterocycles. The second kappa shape index (κ2) is 8.06. The van der Waals surface area contributed by atoms with Crippen LogP contribution in [0.25, 0.3) is 0 Å². The Kier molecular flexibility index (Phi) is 6.10. The molecule has 0 saturated heterocycles. The van der Waals surface area contributed by atoms with E-state index in [-0.39, 0.29) is 0 Å². The van der Waals surface area contributed by atoms with E-state index in [0.29, 0.717) is 23.1 Å². The fourth-order valence-electron chi connectivity index (χ4n) is 1.78. The lowest BCUT2D eigenvalue weighted by Gasteiger charge is -2.11. The molecule has 0 radical (unpaired) electrons. The zero-order chi connectivity index (χ0) is 15.9. The molecule has 22 heavy (non-hydrogen) atoms. The molecule has 116 valence electrons. The van der Waals surface area contributed by atoms with Crippen LogP contribution in [-0.2, 0) is 0 Å². The molecule has 0 aliphatic rings. The number of ether oxygens (including phenoxy) is 2. The minimum absolute atomic E-state index is 0.567. The fraction of sp³-hybridized carbons (Fsp3) is 0.188. The van der Waals surface area contributed by atoms with Gasteiger partial charge in [0.2, 0.25) is 0 Å². The average Bonchev–Trinajstić information content (AvgIpc) is 2.52. The van der Waals surface area contributed by atoms with Crippen molar-refractivity contribution in [1.29, 1.82) is 0 Å². The molecule has 0 unspecified atom stereocenters. The van der Waals surface area contributed by atoms with E-state index in [1.807, 2.05) is 31.2 Å². The van der Waals surface area contributed by atoms with Crippen LogP contribution in [-0.4, -0.2) is 19.9 Å². The quantitative estimate of drug-likeness (QED) is 0.566. The summed E-state index contributed by atoms with van der Waals surface area (Å²) in [5, 5.41) is 4.90. The molecule has 0 amide bonds. The zero-order valence-electron chi connectivity index (χ0n) is 12.3. The van der Waals surface area contributed by atoms with E-state index in [9.17, 15) is 0 Å². The van der Waals surface area contributed by atoms with E-state index in [2.05, 4.69) is 26.5 Å². The number of hydrazone groups is 1. The van der Waals surface area contributed by atoms with Crippen molar-refractivity contribution < 1.29 is 9.47 Å². The molecule has 0 bridgehead atoms. The molecule has 0 atom stereocenters. The third-order valence-electron chi connectivity index (χ3n) is 2.82. The van der Waals surface area contributed by atoms with Gasteiger partial charge >= 0.3 is 0 Å². The van der Waals surface area contributed by atoms with Gasteiger partial charge in [0.05, 0.1) is 25.6 Å². The van der Waals surface area contributed by atoms with Gasteiger partial charge in [0, 0.05) is 15.1 Å². The molecule has 2 rings (SSSR count). The standard InChI is InChI=1S/C16H16BrClN2O2/c1-3-22-16-8-11(14(17)9-15(16)21-2)10-19-20-13-6-4-12(18)5-7-13/h4-10,20H,3H2,1-2H3/b19-10-. The number of rotatable bonds is 6. The Labute approximate surface area is 143 Å². The molecular formula is C16H16BrClN2O2. The minimum Gasteiger partial charge on any atom is -0.493 e. The molecule has 0 aliphatic carbocycles. The van der Waals surface area contributed by atoms with Crippen LogP contribution in [0.4, 0.5) is 5.69 Å². The van der Waals surface area contributed by atoms with Gasteiger partial charge in [0.1, 0.15) is 0 Å². The van der Waals surface area contributed by atoms with Crippen LogP contribution in [0, 0.1) is 0 Å². The van der Waals surface area contributed by atoms with Crippen molar-refractivity contribution in [2.75, 3.05) is 19.1 Å². The van der Waals surface area contributed by atoms with Gasteiger partial charge in [-0.1, -0.05) is 11.6 Å². The Morgan fingerprint density at radius 1 is 1.23 bits per heavy atom. The molecule has 0 spiro atoms. The number of methoxy groups -OCH3 is 1. The van der Waals surface area contributed by atoms with Crippen LogP contribution in [0.5, 0.6) is 11.5 Å². The average molecular weight is 384 g/mol. The zero-order valence-corrected chi connectivity index (χ0v) is 14.6. The second-order valence-electron chi connectivity index (χ2n) is 4.33. The topological polar surface area (TPSA) is 42.8 Å². The summed E-state index contributed by atoms with van der Waals surface area (Å²) in [5.74, 6) is 1.36. The van der Waals surface area contributed by atoms with Crippen molar-refractivity contribution in [3.63, 3.8) is 0 Å². The maximum absolute atomic E-state index is 5.84. The van der Waals surface area contributed by atoms with Crippen LogP contribution in [0.2, 0.25) is 5.02 Å². The normalized spacial score (nSPS) is 10.7. The number of hydrogen-bond acceptors (Lipinski definition) is 4. The summed E-state index contributed by atoms with van der Waals surface area (Å²) in [6.07, 6.45) is 1.71. The van der Waals surface area contributed by atoms with Crippen molar-refractivity contribution in [3.05, 3.63) is 51.5 Å². The predicted molar refractivity (Wildman–Crippen MR) is 94.5 cm³/mol. The molecule has 0 fully saturated rings. The van der Waals surface area contributed by atoms with Crippen LogP contribution < -0.4 is 14.9 Å². The maximum atomic E-state index is 5.84. The highest BCUT2D eigenvalue weighted by atomic mass is 79.9. The monoisotopic (exact) mass is 382 g/mol. The Balaban J connectivity index is 2.15. The van der Waals surface area contributed by atoms with Gasteiger partial charge in [0.15, 0.2) is 11.5 Å². The summed E-state index contributed by atoms with van der Waals surface area (Å²) >= 11 is 9.34. The summed E-state index contributed by atoms with van der Waals surface area (Å²) < 4.78 is 11.7. The van der Waals surface area contributed by atoms with Crippen molar-refractivity contribution in [2.45, 2.75) is 6.92 Å². The number of benzene rings is 2. The summed E-state index contributed by atoms with van der Waals surface area (Å²) in [6, 6.07) is 11.0.